The van der Waals surface area contributed by atoms with Crippen molar-refractivity contribution in [2.24, 2.45) is 23.7 Å². The number of aromatic nitrogens is 3. The van der Waals surface area contributed by atoms with Gasteiger partial charge in [0.05, 0.1) is 23.5 Å². The number of aryl methyl sites for hydroxylation is 2. The van der Waals surface area contributed by atoms with Gasteiger partial charge < -0.3 is 14.5 Å². The highest BCUT2D eigenvalue weighted by atomic mass is 32.1. The number of ketones is 1. The van der Waals surface area contributed by atoms with Crippen LogP contribution in [0.5, 0.6) is 0 Å². The van der Waals surface area contributed by atoms with Gasteiger partial charge in [-0.25, -0.2) is 13.9 Å². The number of ether oxygens (including phenoxy) is 1. The number of fused-ring (bicyclic) bond motifs is 2. The van der Waals surface area contributed by atoms with Gasteiger partial charge in [-0.3, -0.25) is 4.79 Å². The second-order valence-electron chi connectivity index (χ2n) is 11.8. The number of nitrogens with zero attached hydrogens (tertiary/aromatic N) is 6. The van der Waals surface area contributed by atoms with Gasteiger partial charge in [0, 0.05) is 56.0 Å². The van der Waals surface area contributed by atoms with Crippen LogP contribution in [-0.2, 0) is 16.0 Å². The van der Waals surface area contributed by atoms with Crippen LogP contribution < -0.4 is 9.80 Å². The summed E-state index contributed by atoms with van der Waals surface area (Å²) in [4.78, 5) is 22.5. The second kappa shape index (κ2) is 10.5. The number of piperidine rings is 1. The fourth-order valence-electron chi connectivity index (χ4n) is 6.89. The van der Waals surface area contributed by atoms with Crippen molar-refractivity contribution in [2.45, 2.75) is 33.1 Å². The van der Waals surface area contributed by atoms with Gasteiger partial charge in [-0.2, -0.15) is 10.4 Å². The Hall–Kier alpha value is -3.81. The molecule has 1 saturated carbocycles. The monoisotopic (exact) mass is 584 g/mol. The smallest absolute Gasteiger partial charge is 0.191 e. The molecule has 0 bridgehead atoms. The number of carbonyl (C=O) groups is 1. The molecule has 4 aromatic rings. The van der Waals surface area contributed by atoms with Crippen LogP contribution in [0, 0.1) is 47.7 Å². The van der Waals surface area contributed by atoms with Crippen molar-refractivity contribution in [1.82, 2.24) is 14.6 Å². The molecule has 3 aliphatic rings. The summed E-state index contributed by atoms with van der Waals surface area (Å²) in [6, 6.07) is 12.8. The summed E-state index contributed by atoms with van der Waals surface area (Å²) >= 11 is 1.32. The lowest BCUT2D eigenvalue weighted by Gasteiger charge is -2.23. The summed E-state index contributed by atoms with van der Waals surface area (Å²) in [7, 11) is 1.97. The number of anilines is 3. The number of carbonyl (C=O) groups excluding carboxylic acids is 1. The van der Waals surface area contributed by atoms with E-state index in [1.54, 1.807) is 12.1 Å². The predicted molar refractivity (Wildman–Crippen MR) is 161 cm³/mol. The topological polar surface area (TPSA) is 86.8 Å². The molecule has 2 aliphatic heterocycles. The number of benzene rings is 1. The Bertz CT molecular complexity index is 1710. The van der Waals surface area contributed by atoms with E-state index in [0.29, 0.717) is 64.4 Å². The first-order valence-corrected chi connectivity index (χ1v) is 15.5. The maximum Gasteiger partial charge on any atom is 0.191 e. The molecule has 0 N–H and O–H groups in total. The minimum absolute atomic E-state index is 0.103. The number of rotatable bonds is 8. The second-order valence-corrected chi connectivity index (χ2v) is 12.8. The van der Waals surface area contributed by atoms with Crippen molar-refractivity contribution < 1.29 is 13.9 Å². The molecular formula is C32H33FN6O2S. The normalized spacial score (nSPS) is 22.9. The first-order valence-electron chi connectivity index (χ1n) is 14.6. The van der Waals surface area contributed by atoms with Gasteiger partial charge in [-0.15, -0.1) is 0 Å². The van der Waals surface area contributed by atoms with E-state index in [9.17, 15) is 14.4 Å². The number of halogens is 1. The van der Waals surface area contributed by atoms with Gasteiger partial charge >= 0.3 is 0 Å². The zero-order chi connectivity index (χ0) is 29.1. The molecule has 3 aromatic heterocycles. The van der Waals surface area contributed by atoms with Crippen LogP contribution in [0.15, 0.2) is 36.4 Å². The summed E-state index contributed by atoms with van der Waals surface area (Å²) in [5.41, 5.74) is 6.40. The molecule has 3 unspecified atom stereocenters. The van der Waals surface area contributed by atoms with Crippen molar-refractivity contribution in [3.63, 3.8) is 0 Å². The number of hydrogen-bond acceptors (Lipinski definition) is 8. The summed E-state index contributed by atoms with van der Waals surface area (Å²) in [6.07, 6.45) is 2.32. The summed E-state index contributed by atoms with van der Waals surface area (Å²) < 4.78 is 21.0. The number of thiazole rings is 1. The van der Waals surface area contributed by atoms with E-state index >= 15 is 0 Å². The van der Waals surface area contributed by atoms with E-state index in [1.165, 1.54) is 29.2 Å². The molecule has 3 fully saturated rings. The van der Waals surface area contributed by atoms with Crippen molar-refractivity contribution >= 4 is 39.1 Å². The molecule has 3 atom stereocenters. The molecule has 1 aliphatic carbocycles. The first-order chi connectivity index (χ1) is 20.4. The molecule has 0 amide bonds. The standard InChI is InChI=1S/C32H33FN6O2S/c1-4-26-31(37(3)32-35-30(29(14-34)42-32)19-5-7-21(33)8-6-19)27-12-22(11-18(2)39(27)36-26)38-15-24-23(25(24)16-38)13-28(40)20-9-10-41-17-20/h5-8,11-12,20,23-25H,4,9-10,13,15-17H2,1-3H3. The number of nitriles is 1. The Morgan fingerprint density at radius 2 is 2.00 bits per heavy atom. The van der Waals surface area contributed by atoms with Gasteiger partial charge in [0.15, 0.2) is 5.13 Å². The van der Waals surface area contributed by atoms with Crippen LogP contribution in [0.3, 0.4) is 0 Å². The van der Waals surface area contributed by atoms with Crippen molar-refractivity contribution in [1.29, 1.82) is 5.26 Å². The van der Waals surface area contributed by atoms with Crippen molar-refractivity contribution in [3.05, 3.63) is 58.5 Å². The largest absolute Gasteiger partial charge is 0.381 e. The zero-order valence-corrected chi connectivity index (χ0v) is 24.8. The average Bonchev–Trinajstić information content (AvgIpc) is 3.62. The van der Waals surface area contributed by atoms with Crippen LogP contribution in [0.25, 0.3) is 16.8 Å². The van der Waals surface area contributed by atoms with Gasteiger partial charge in [-0.05, 0) is 73.9 Å². The Morgan fingerprint density at radius 1 is 1.24 bits per heavy atom. The van der Waals surface area contributed by atoms with E-state index in [1.807, 2.05) is 16.5 Å². The molecule has 216 valence electrons. The molecular weight excluding hydrogens is 551 g/mol. The van der Waals surface area contributed by atoms with E-state index in [4.69, 9.17) is 14.8 Å². The minimum Gasteiger partial charge on any atom is -0.381 e. The molecule has 2 saturated heterocycles. The summed E-state index contributed by atoms with van der Waals surface area (Å²) in [6.45, 7) is 7.43. The fraction of sp³-hybridized carbons (Fsp3) is 0.438. The highest BCUT2D eigenvalue weighted by Gasteiger charge is 2.56. The van der Waals surface area contributed by atoms with Gasteiger partial charge in [0.25, 0.3) is 0 Å². The van der Waals surface area contributed by atoms with Crippen LogP contribution in [0.4, 0.5) is 20.9 Å². The summed E-state index contributed by atoms with van der Waals surface area (Å²) in [5, 5.41) is 15.5. The van der Waals surface area contributed by atoms with E-state index in [2.05, 4.69) is 36.9 Å². The maximum atomic E-state index is 13.5. The van der Waals surface area contributed by atoms with E-state index < -0.39 is 0 Å². The van der Waals surface area contributed by atoms with Crippen molar-refractivity contribution in [2.75, 3.05) is 43.2 Å². The minimum atomic E-state index is -0.326. The Labute approximate surface area is 248 Å². The van der Waals surface area contributed by atoms with Gasteiger partial charge in [0.2, 0.25) is 0 Å². The predicted octanol–water partition coefficient (Wildman–Crippen LogP) is 5.79. The zero-order valence-electron chi connectivity index (χ0n) is 24.0. The SMILES string of the molecule is CCc1nn2c(C)cc(N3CC4C(CC(=O)C5CCOC5)C4C3)cc2c1N(C)c1nc(-c2ccc(F)cc2)c(C#N)s1. The number of hydrogen-bond donors (Lipinski definition) is 0. The third-order valence-corrected chi connectivity index (χ3v) is 10.3. The lowest BCUT2D eigenvalue weighted by molar-refractivity contribution is -0.123. The Balaban J connectivity index is 1.16. The molecule has 10 heteroatoms. The van der Waals surface area contributed by atoms with Crippen molar-refractivity contribution in [3.8, 4) is 17.3 Å². The molecule has 0 spiro atoms. The molecule has 0 radical (unpaired) electrons. The molecule has 42 heavy (non-hydrogen) atoms. The number of pyridine rings is 1. The lowest BCUT2D eigenvalue weighted by Crippen LogP contribution is -2.25. The molecule has 1 aromatic carbocycles. The van der Waals surface area contributed by atoms with E-state index in [-0.39, 0.29) is 11.7 Å². The van der Waals surface area contributed by atoms with E-state index in [0.717, 1.165) is 48.5 Å². The molecule has 7 rings (SSSR count). The molecule has 8 nitrogen and oxygen atoms in total. The average molecular weight is 585 g/mol. The van der Waals surface area contributed by atoms with Crippen LogP contribution in [0.1, 0.15) is 36.0 Å². The molecule has 5 heterocycles. The lowest BCUT2D eigenvalue weighted by atomic mass is 9.97. The Kier molecular flexibility index (Phi) is 6.75. The van der Waals surface area contributed by atoms with Crippen LogP contribution in [0.2, 0.25) is 0 Å². The highest BCUT2D eigenvalue weighted by Crippen LogP contribution is 2.55. The maximum absolute atomic E-state index is 13.5. The first kappa shape index (κ1) is 27.0. The fourth-order valence-corrected chi connectivity index (χ4v) is 7.74. The number of Topliss-reactive ketones (excluding diaryl/α,β-unsaturated/α-hetero) is 1. The Morgan fingerprint density at radius 3 is 2.67 bits per heavy atom. The van der Waals surface area contributed by atoms with Gasteiger partial charge in [0.1, 0.15) is 28.2 Å². The third-order valence-electron chi connectivity index (χ3n) is 9.29. The van der Waals surface area contributed by atoms with Crippen LogP contribution >= 0.6 is 11.3 Å². The van der Waals surface area contributed by atoms with Gasteiger partial charge in [-0.1, -0.05) is 18.3 Å². The quantitative estimate of drug-likeness (QED) is 0.259. The summed E-state index contributed by atoms with van der Waals surface area (Å²) in [5.74, 6) is 1.84. The highest BCUT2D eigenvalue weighted by molar-refractivity contribution is 7.16. The van der Waals surface area contributed by atoms with Crippen LogP contribution in [-0.4, -0.2) is 53.7 Å². The third kappa shape index (κ3) is 4.56.